The van der Waals surface area contributed by atoms with Gasteiger partial charge in [-0.05, 0) is 37.1 Å². The molecule has 0 fully saturated rings. The number of ether oxygens (including phenoxy) is 1. The van der Waals surface area contributed by atoms with Gasteiger partial charge in [0.25, 0.3) is 0 Å². The van der Waals surface area contributed by atoms with Crippen LogP contribution in [0.5, 0.6) is 0 Å². The molecule has 2 aromatic carbocycles. The number of carboxylic acids is 4. The molecule has 0 unspecified atom stereocenters. The summed E-state index contributed by atoms with van der Waals surface area (Å²) in [5, 5.41) is 37.1. The van der Waals surface area contributed by atoms with Crippen LogP contribution in [0.15, 0.2) is 18.2 Å². The number of carboxylic acid groups (broad SMARTS) is 4. The first kappa shape index (κ1) is 19.9. The van der Waals surface area contributed by atoms with Crippen molar-refractivity contribution in [3.05, 3.63) is 46.0 Å². The highest BCUT2D eigenvalue weighted by Gasteiger charge is 2.27. The van der Waals surface area contributed by atoms with E-state index in [9.17, 15) is 39.6 Å². The molecule has 0 aliphatic rings. The average molecular weight is 376 g/mol. The third-order valence-electron chi connectivity index (χ3n) is 3.99. The minimum Gasteiger partial charge on any atom is -0.478 e. The first-order valence-electron chi connectivity index (χ1n) is 7.84. The molecule has 9 nitrogen and oxygen atoms in total. The zero-order chi connectivity index (χ0) is 20.3. The number of carbonyl (C=O) groups is 4. The molecular formula is C18H16O9. The number of aromatic carboxylic acids is 4. The Kier molecular flexibility index (Phi) is 5.76. The van der Waals surface area contributed by atoms with Gasteiger partial charge >= 0.3 is 23.9 Å². The van der Waals surface area contributed by atoms with Gasteiger partial charge in [0.15, 0.2) is 0 Å². The summed E-state index contributed by atoms with van der Waals surface area (Å²) in [6, 6.07) is 2.97. The molecule has 0 saturated heterocycles. The van der Waals surface area contributed by atoms with Crippen molar-refractivity contribution in [3.63, 3.8) is 0 Å². The van der Waals surface area contributed by atoms with Crippen molar-refractivity contribution in [2.45, 2.75) is 13.3 Å². The fourth-order valence-corrected chi connectivity index (χ4v) is 2.91. The lowest BCUT2D eigenvalue weighted by Gasteiger charge is -2.16. The Bertz CT molecular complexity index is 959. The predicted molar refractivity (Wildman–Crippen MR) is 92.0 cm³/mol. The van der Waals surface area contributed by atoms with Crippen molar-refractivity contribution in [2.24, 2.45) is 0 Å². The van der Waals surface area contributed by atoms with Crippen molar-refractivity contribution in [1.29, 1.82) is 0 Å². The van der Waals surface area contributed by atoms with E-state index in [-0.39, 0.29) is 18.6 Å². The summed E-state index contributed by atoms with van der Waals surface area (Å²) in [6.45, 7) is 2.16. The van der Waals surface area contributed by atoms with Gasteiger partial charge in [0, 0.05) is 17.4 Å². The summed E-state index contributed by atoms with van der Waals surface area (Å²) in [5.41, 5.74) is -1.87. The maximum atomic E-state index is 11.9. The lowest BCUT2D eigenvalue weighted by molar-refractivity contribution is 0.0674. The largest absolute Gasteiger partial charge is 0.478 e. The lowest BCUT2D eigenvalue weighted by atomic mass is 9.87. The molecule has 2 aromatic rings. The molecule has 142 valence electrons. The lowest BCUT2D eigenvalue weighted by Crippen LogP contribution is -2.15. The number of hydrogen-bond donors (Lipinski definition) is 4. The molecule has 0 atom stereocenters. The van der Waals surface area contributed by atoms with Gasteiger partial charge in [0.05, 0.1) is 28.9 Å². The first-order chi connectivity index (χ1) is 12.7. The summed E-state index contributed by atoms with van der Waals surface area (Å²) in [6.07, 6.45) is 0.0159. The van der Waals surface area contributed by atoms with Gasteiger partial charge in [-0.2, -0.15) is 0 Å². The number of benzene rings is 2. The van der Waals surface area contributed by atoms with Crippen molar-refractivity contribution in [1.82, 2.24) is 0 Å². The Morgan fingerprint density at radius 2 is 1.33 bits per heavy atom. The Morgan fingerprint density at radius 1 is 0.815 bits per heavy atom. The van der Waals surface area contributed by atoms with Gasteiger partial charge in [0.1, 0.15) is 0 Å². The number of rotatable bonds is 8. The second kappa shape index (κ2) is 7.83. The standard InChI is InChI=1S/C18H16O9/c1-2-27-6-5-8-7-11(17(23)24)13-9(15(19)20)3-4-10(16(21)22)14(13)12(8)18(25)26/h3-4,7H,2,5-6H2,1H3,(H,19,20)(H,21,22)(H,23,24)(H,25,26). The van der Waals surface area contributed by atoms with Crippen LogP contribution in [0, 0.1) is 0 Å². The summed E-state index contributed by atoms with van der Waals surface area (Å²) >= 11 is 0. The number of fused-ring (bicyclic) bond motifs is 1. The molecule has 4 N–H and O–H groups in total. The molecule has 0 spiro atoms. The van der Waals surface area contributed by atoms with E-state index < -0.39 is 56.9 Å². The van der Waals surface area contributed by atoms with E-state index in [2.05, 4.69) is 0 Å². The molecule has 9 heteroatoms. The highest BCUT2D eigenvalue weighted by molar-refractivity contribution is 6.22. The monoisotopic (exact) mass is 376 g/mol. The van der Waals surface area contributed by atoms with Crippen molar-refractivity contribution in [3.8, 4) is 0 Å². The van der Waals surface area contributed by atoms with Crippen LogP contribution >= 0.6 is 0 Å². The van der Waals surface area contributed by atoms with Crippen LogP contribution in [0.1, 0.15) is 53.9 Å². The van der Waals surface area contributed by atoms with Crippen molar-refractivity contribution >= 4 is 34.6 Å². The maximum Gasteiger partial charge on any atom is 0.336 e. The van der Waals surface area contributed by atoms with E-state index in [1.54, 1.807) is 6.92 Å². The third kappa shape index (κ3) is 3.72. The zero-order valence-electron chi connectivity index (χ0n) is 14.2. The van der Waals surface area contributed by atoms with Crippen LogP contribution in [0.3, 0.4) is 0 Å². The molecule has 27 heavy (non-hydrogen) atoms. The van der Waals surface area contributed by atoms with E-state index in [0.717, 1.165) is 18.2 Å². The summed E-state index contributed by atoms with van der Waals surface area (Å²) < 4.78 is 5.17. The first-order valence-corrected chi connectivity index (χ1v) is 7.84. The van der Waals surface area contributed by atoms with Crippen LogP contribution in [-0.4, -0.2) is 57.5 Å². The van der Waals surface area contributed by atoms with Gasteiger partial charge in [-0.25, -0.2) is 19.2 Å². The molecule has 0 bridgehead atoms. The molecule has 0 aromatic heterocycles. The molecule has 0 saturated carbocycles. The molecule has 0 aliphatic carbocycles. The van der Waals surface area contributed by atoms with Gasteiger partial charge in [-0.3, -0.25) is 0 Å². The van der Waals surface area contributed by atoms with Crippen LogP contribution < -0.4 is 0 Å². The normalized spacial score (nSPS) is 10.7. The molecule has 2 rings (SSSR count). The second-order valence-corrected chi connectivity index (χ2v) is 5.54. The number of hydrogen-bond acceptors (Lipinski definition) is 5. The highest BCUT2D eigenvalue weighted by Crippen LogP contribution is 2.33. The second-order valence-electron chi connectivity index (χ2n) is 5.54. The SMILES string of the molecule is CCOCCc1cc(C(=O)O)c2c(C(=O)O)ccc(C(=O)O)c2c1C(=O)O. The Labute approximate surface area is 152 Å². The van der Waals surface area contributed by atoms with E-state index >= 15 is 0 Å². The van der Waals surface area contributed by atoms with Gasteiger partial charge < -0.3 is 25.2 Å². The third-order valence-corrected chi connectivity index (χ3v) is 3.99. The highest BCUT2D eigenvalue weighted by atomic mass is 16.5. The average Bonchev–Trinajstić information content (AvgIpc) is 2.59. The topological polar surface area (TPSA) is 158 Å². The quantitative estimate of drug-likeness (QED) is 0.507. The van der Waals surface area contributed by atoms with E-state index in [1.165, 1.54) is 0 Å². The Morgan fingerprint density at radius 3 is 1.78 bits per heavy atom. The summed E-state index contributed by atoms with van der Waals surface area (Å²) in [7, 11) is 0. The van der Waals surface area contributed by atoms with Gasteiger partial charge in [-0.1, -0.05) is 0 Å². The fraction of sp³-hybridized carbons (Fsp3) is 0.222. The Balaban J connectivity index is 3.06. The molecular weight excluding hydrogens is 360 g/mol. The van der Waals surface area contributed by atoms with E-state index in [4.69, 9.17) is 4.74 Å². The van der Waals surface area contributed by atoms with Crippen LogP contribution in [0.25, 0.3) is 10.8 Å². The Hall–Kier alpha value is -3.46. The maximum absolute atomic E-state index is 11.9. The fourth-order valence-electron chi connectivity index (χ4n) is 2.91. The minimum atomic E-state index is -1.50. The minimum absolute atomic E-state index is 0.0159. The van der Waals surface area contributed by atoms with E-state index in [1.807, 2.05) is 0 Å². The predicted octanol–water partition coefficient (Wildman–Crippen LogP) is 2.21. The summed E-state index contributed by atoms with van der Waals surface area (Å²) in [4.78, 5) is 46.7. The van der Waals surface area contributed by atoms with Crippen LogP contribution in [-0.2, 0) is 11.2 Å². The van der Waals surface area contributed by atoms with Crippen molar-refractivity contribution in [2.75, 3.05) is 13.2 Å². The van der Waals surface area contributed by atoms with Crippen molar-refractivity contribution < 1.29 is 44.3 Å². The van der Waals surface area contributed by atoms with E-state index in [0.29, 0.717) is 6.61 Å². The smallest absolute Gasteiger partial charge is 0.336 e. The van der Waals surface area contributed by atoms with Crippen LogP contribution in [0.4, 0.5) is 0 Å². The van der Waals surface area contributed by atoms with Gasteiger partial charge in [-0.15, -0.1) is 0 Å². The van der Waals surface area contributed by atoms with Crippen LogP contribution in [0.2, 0.25) is 0 Å². The molecule has 0 aliphatic heterocycles. The molecule has 0 radical (unpaired) electrons. The molecule has 0 amide bonds. The molecule has 0 heterocycles. The summed E-state index contributed by atoms with van der Waals surface area (Å²) in [5.74, 6) is -6.00. The zero-order valence-corrected chi connectivity index (χ0v) is 14.2. The van der Waals surface area contributed by atoms with Gasteiger partial charge in [0.2, 0.25) is 0 Å².